The molecule has 15 heavy (non-hydrogen) atoms. The lowest BCUT2D eigenvalue weighted by molar-refractivity contribution is 0.00669. The first-order chi connectivity index (χ1) is 7.29. The number of hydrogen-bond donors (Lipinski definition) is 1. The molecule has 82 valence electrons. The van der Waals surface area contributed by atoms with Gasteiger partial charge in [-0.2, -0.15) is 0 Å². The van der Waals surface area contributed by atoms with E-state index < -0.39 is 0 Å². The van der Waals surface area contributed by atoms with Crippen LogP contribution in [0.1, 0.15) is 18.9 Å². The second kappa shape index (κ2) is 4.77. The summed E-state index contributed by atoms with van der Waals surface area (Å²) >= 11 is 0. The number of aliphatic hydroxyl groups excluding tert-OH is 1. The zero-order valence-corrected chi connectivity index (χ0v) is 9.10. The lowest BCUT2D eigenvalue weighted by Gasteiger charge is -2.15. The van der Waals surface area contributed by atoms with Gasteiger partial charge in [-0.25, -0.2) is 0 Å². The van der Waals surface area contributed by atoms with Gasteiger partial charge in [0.1, 0.15) is 0 Å². The molecule has 0 amide bonds. The molecule has 0 aliphatic carbocycles. The Morgan fingerprint density at radius 1 is 1.33 bits per heavy atom. The van der Waals surface area contributed by atoms with E-state index in [2.05, 4.69) is 31.2 Å². The molecule has 0 aromatic heterocycles. The maximum absolute atomic E-state index is 9.04. The third kappa shape index (κ3) is 2.58. The normalized spacial score (nSPS) is 30.7. The van der Waals surface area contributed by atoms with Crippen LogP contribution in [-0.2, 0) is 11.2 Å². The Labute approximate surface area is 90.9 Å². The summed E-state index contributed by atoms with van der Waals surface area (Å²) in [6.07, 6.45) is 2.25. The smallest absolute Gasteiger partial charge is 0.0813 e. The Morgan fingerprint density at radius 3 is 2.67 bits per heavy atom. The predicted molar refractivity (Wildman–Crippen MR) is 59.7 cm³/mol. The van der Waals surface area contributed by atoms with Gasteiger partial charge in [0, 0.05) is 0 Å². The zero-order chi connectivity index (χ0) is 10.7. The number of aliphatic hydroxyl groups is 1. The van der Waals surface area contributed by atoms with Gasteiger partial charge in [0.25, 0.3) is 0 Å². The topological polar surface area (TPSA) is 29.5 Å². The molecule has 3 atom stereocenters. The first kappa shape index (κ1) is 10.7. The molecule has 1 aromatic carbocycles. The molecule has 0 saturated carbocycles. The fraction of sp³-hybridized carbons (Fsp3) is 0.538. The Hall–Kier alpha value is -0.860. The molecular weight excluding hydrogens is 188 g/mol. The van der Waals surface area contributed by atoms with Crippen molar-refractivity contribution < 1.29 is 9.84 Å². The highest BCUT2D eigenvalue weighted by atomic mass is 16.5. The Kier molecular flexibility index (Phi) is 3.39. The minimum absolute atomic E-state index is 0.0497. The van der Waals surface area contributed by atoms with Gasteiger partial charge in [-0.05, 0) is 24.3 Å². The SMILES string of the molecule is CC1C[C@@H](CO)OC1Cc1ccccc1. The monoisotopic (exact) mass is 206 g/mol. The molecule has 1 aromatic rings. The first-order valence-electron chi connectivity index (χ1n) is 5.60. The van der Waals surface area contributed by atoms with Crippen LogP contribution in [0.5, 0.6) is 0 Å². The van der Waals surface area contributed by atoms with Crippen molar-refractivity contribution >= 4 is 0 Å². The highest BCUT2D eigenvalue weighted by molar-refractivity contribution is 5.16. The summed E-state index contributed by atoms with van der Waals surface area (Å²) in [6.45, 7) is 2.35. The Morgan fingerprint density at radius 2 is 2.07 bits per heavy atom. The Balaban J connectivity index is 1.96. The molecule has 0 bridgehead atoms. The van der Waals surface area contributed by atoms with Crippen LogP contribution >= 0.6 is 0 Å². The Bertz CT molecular complexity index is 297. The van der Waals surface area contributed by atoms with Crippen LogP contribution in [0.3, 0.4) is 0 Å². The second-order valence-corrected chi connectivity index (χ2v) is 4.38. The molecular formula is C13H18O2. The maximum Gasteiger partial charge on any atom is 0.0813 e. The zero-order valence-electron chi connectivity index (χ0n) is 9.10. The second-order valence-electron chi connectivity index (χ2n) is 4.38. The van der Waals surface area contributed by atoms with E-state index in [9.17, 15) is 0 Å². The van der Waals surface area contributed by atoms with Crippen molar-refractivity contribution in [1.29, 1.82) is 0 Å². The molecule has 2 nitrogen and oxygen atoms in total. The van der Waals surface area contributed by atoms with Gasteiger partial charge in [-0.15, -0.1) is 0 Å². The van der Waals surface area contributed by atoms with Crippen molar-refractivity contribution in [3.63, 3.8) is 0 Å². The summed E-state index contributed by atoms with van der Waals surface area (Å²) < 4.78 is 5.78. The van der Waals surface area contributed by atoms with Crippen LogP contribution in [0.25, 0.3) is 0 Å². The van der Waals surface area contributed by atoms with Gasteiger partial charge in [0.2, 0.25) is 0 Å². The third-order valence-electron chi connectivity index (χ3n) is 3.12. The van der Waals surface area contributed by atoms with E-state index in [1.165, 1.54) is 5.56 Å². The average molecular weight is 206 g/mol. The molecule has 1 fully saturated rings. The molecule has 2 unspecified atom stereocenters. The molecule has 1 saturated heterocycles. The highest BCUT2D eigenvalue weighted by Crippen LogP contribution is 2.28. The van der Waals surface area contributed by atoms with Gasteiger partial charge >= 0.3 is 0 Å². The number of benzene rings is 1. The summed E-state index contributed by atoms with van der Waals surface area (Å²) in [7, 11) is 0. The van der Waals surface area contributed by atoms with Gasteiger partial charge in [0.05, 0.1) is 18.8 Å². The van der Waals surface area contributed by atoms with Crippen molar-refractivity contribution in [2.75, 3.05) is 6.61 Å². The number of hydrogen-bond acceptors (Lipinski definition) is 2. The maximum atomic E-state index is 9.04. The van der Waals surface area contributed by atoms with Crippen LogP contribution < -0.4 is 0 Å². The molecule has 0 spiro atoms. The molecule has 1 N–H and O–H groups in total. The largest absolute Gasteiger partial charge is 0.394 e. The van der Waals surface area contributed by atoms with Crippen molar-refractivity contribution in [3.05, 3.63) is 35.9 Å². The van der Waals surface area contributed by atoms with E-state index in [0.29, 0.717) is 5.92 Å². The van der Waals surface area contributed by atoms with Gasteiger partial charge in [-0.1, -0.05) is 37.3 Å². The predicted octanol–water partition coefficient (Wildman–Crippen LogP) is 2.01. The molecule has 1 aliphatic heterocycles. The fourth-order valence-electron chi connectivity index (χ4n) is 2.22. The average Bonchev–Trinajstić information content (AvgIpc) is 2.61. The van der Waals surface area contributed by atoms with Crippen LogP contribution in [0, 0.1) is 5.92 Å². The molecule has 2 rings (SSSR count). The summed E-state index contributed by atoms with van der Waals surface area (Å²) in [5.74, 6) is 0.544. The first-order valence-corrected chi connectivity index (χ1v) is 5.60. The third-order valence-corrected chi connectivity index (χ3v) is 3.12. The van der Waals surface area contributed by atoms with E-state index >= 15 is 0 Å². The lowest BCUT2D eigenvalue weighted by atomic mass is 9.96. The van der Waals surface area contributed by atoms with Gasteiger partial charge < -0.3 is 9.84 Å². The molecule has 1 heterocycles. The van der Waals surface area contributed by atoms with Crippen LogP contribution in [0.15, 0.2) is 30.3 Å². The van der Waals surface area contributed by atoms with Crippen molar-refractivity contribution in [2.24, 2.45) is 5.92 Å². The van der Waals surface area contributed by atoms with Gasteiger partial charge in [-0.3, -0.25) is 0 Å². The lowest BCUT2D eigenvalue weighted by Crippen LogP contribution is -2.18. The minimum Gasteiger partial charge on any atom is -0.394 e. The highest BCUT2D eigenvalue weighted by Gasteiger charge is 2.31. The van der Waals surface area contributed by atoms with Crippen LogP contribution in [0.4, 0.5) is 0 Å². The van der Waals surface area contributed by atoms with E-state index in [0.717, 1.165) is 12.8 Å². The van der Waals surface area contributed by atoms with Crippen molar-refractivity contribution in [1.82, 2.24) is 0 Å². The van der Waals surface area contributed by atoms with Crippen LogP contribution in [-0.4, -0.2) is 23.9 Å². The number of rotatable bonds is 3. The summed E-state index contributed by atoms with van der Waals surface area (Å²) in [5, 5.41) is 9.04. The molecule has 0 radical (unpaired) electrons. The summed E-state index contributed by atoms with van der Waals surface area (Å²) in [4.78, 5) is 0. The van der Waals surface area contributed by atoms with Crippen molar-refractivity contribution in [3.8, 4) is 0 Å². The summed E-state index contributed by atoms with van der Waals surface area (Å²) in [6, 6.07) is 10.4. The fourth-order valence-corrected chi connectivity index (χ4v) is 2.22. The molecule has 2 heteroatoms. The number of ether oxygens (including phenoxy) is 1. The summed E-state index contributed by atoms with van der Waals surface area (Å²) in [5.41, 5.74) is 1.31. The van der Waals surface area contributed by atoms with E-state index in [-0.39, 0.29) is 18.8 Å². The van der Waals surface area contributed by atoms with E-state index in [1.54, 1.807) is 0 Å². The minimum atomic E-state index is 0.0497. The quantitative estimate of drug-likeness (QED) is 0.819. The standard InChI is InChI=1S/C13H18O2/c1-10-7-12(9-14)15-13(10)8-11-5-3-2-4-6-11/h2-6,10,12-14H,7-9H2,1H3/t10?,12-,13?/m0/s1. The van der Waals surface area contributed by atoms with Gasteiger partial charge in [0.15, 0.2) is 0 Å². The van der Waals surface area contributed by atoms with E-state index in [1.807, 2.05) is 6.07 Å². The van der Waals surface area contributed by atoms with Crippen LogP contribution in [0.2, 0.25) is 0 Å². The van der Waals surface area contributed by atoms with E-state index in [4.69, 9.17) is 9.84 Å². The van der Waals surface area contributed by atoms with Crippen molar-refractivity contribution in [2.45, 2.75) is 32.0 Å². The molecule has 1 aliphatic rings.